The Hall–Kier alpha value is -1.33. The van der Waals surface area contributed by atoms with Gasteiger partial charge < -0.3 is 4.90 Å². The van der Waals surface area contributed by atoms with Gasteiger partial charge in [0.05, 0.1) is 5.25 Å². The molecule has 0 fully saturated rings. The second-order valence-corrected chi connectivity index (χ2v) is 6.88. The molecule has 1 aromatic heterocycles. The molecule has 0 saturated carbocycles. The monoisotopic (exact) mass is 306 g/mol. The molecule has 1 atom stereocenters. The summed E-state index contributed by atoms with van der Waals surface area (Å²) >= 11 is 3.12. The van der Waals surface area contributed by atoms with E-state index in [9.17, 15) is 4.79 Å². The van der Waals surface area contributed by atoms with Crippen molar-refractivity contribution >= 4 is 34.7 Å². The van der Waals surface area contributed by atoms with Crippen molar-refractivity contribution in [2.45, 2.75) is 30.4 Å². The van der Waals surface area contributed by atoms with Gasteiger partial charge in [-0.05, 0) is 32.9 Å². The molecule has 0 radical (unpaired) electrons. The average molecular weight is 306 g/mol. The van der Waals surface area contributed by atoms with Gasteiger partial charge in [0.25, 0.3) is 0 Å². The lowest BCUT2D eigenvalue weighted by atomic mass is 10.2. The molecule has 3 nitrogen and oxygen atoms in total. The van der Waals surface area contributed by atoms with E-state index in [0.29, 0.717) is 6.54 Å². The van der Waals surface area contributed by atoms with Crippen molar-refractivity contribution in [3.63, 3.8) is 0 Å². The van der Waals surface area contributed by atoms with E-state index in [1.54, 1.807) is 11.3 Å². The van der Waals surface area contributed by atoms with E-state index in [4.69, 9.17) is 0 Å². The second-order valence-electron chi connectivity index (χ2n) is 4.43. The fourth-order valence-electron chi connectivity index (χ4n) is 1.88. The SMILES string of the molecule is CCN(C(=O)[C@@H](C)Sc1nc(C)cs1)c1ccccc1. The number of aryl methyl sites for hydroxylation is 1. The minimum atomic E-state index is -0.138. The van der Waals surface area contributed by atoms with E-state index in [-0.39, 0.29) is 11.2 Å². The van der Waals surface area contributed by atoms with Gasteiger partial charge in [0, 0.05) is 23.3 Å². The fraction of sp³-hybridized carbons (Fsp3) is 0.333. The third-order valence-electron chi connectivity index (χ3n) is 2.87. The van der Waals surface area contributed by atoms with Gasteiger partial charge in [0.1, 0.15) is 0 Å². The Labute approximate surface area is 128 Å². The summed E-state index contributed by atoms with van der Waals surface area (Å²) in [6, 6.07) is 9.79. The molecule has 1 amide bonds. The number of carbonyl (C=O) groups is 1. The van der Waals surface area contributed by atoms with Gasteiger partial charge in [-0.15, -0.1) is 11.3 Å². The molecule has 106 valence electrons. The topological polar surface area (TPSA) is 33.2 Å². The highest BCUT2D eigenvalue weighted by Gasteiger charge is 2.22. The number of benzene rings is 1. The fourth-order valence-corrected chi connectivity index (χ4v) is 3.93. The van der Waals surface area contributed by atoms with Crippen LogP contribution in [0.4, 0.5) is 5.69 Å². The molecule has 5 heteroatoms. The lowest BCUT2D eigenvalue weighted by Gasteiger charge is -2.23. The Kier molecular flexibility index (Phi) is 5.20. The lowest BCUT2D eigenvalue weighted by molar-refractivity contribution is -0.117. The zero-order valence-electron chi connectivity index (χ0n) is 11.9. The zero-order chi connectivity index (χ0) is 14.5. The second kappa shape index (κ2) is 6.90. The molecular formula is C15H18N2OS2. The van der Waals surface area contributed by atoms with Gasteiger partial charge in [0.15, 0.2) is 4.34 Å². The summed E-state index contributed by atoms with van der Waals surface area (Å²) in [4.78, 5) is 18.8. The van der Waals surface area contributed by atoms with Crippen LogP contribution in [0.3, 0.4) is 0 Å². The number of carbonyl (C=O) groups excluding carboxylic acids is 1. The van der Waals surface area contributed by atoms with Gasteiger partial charge in [-0.2, -0.15) is 0 Å². The molecule has 0 N–H and O–H groups in total. The number of thioether (sulfide) groups is 1. The molecule has 2 rings (SSSR count). The van der Waals surface area contributed by atoms with Gasteiger partial charge in [-0.25, -0.2) is 4.98 Å². The van der Waals surface area contributed by atoms with Crippen LogP contribution in [-0.2, 0) is 4.79 Å². The van der Waals surface area contributed by atoms with Gasteiger partial charge in [0.2, 0.25) is 5.91 Å². The van der Waals surface area contributed by atoms with Crippen LogP contribution < -0.4 is 4.90 Å². The summed E-state index contributed by atoms with van der Waals surface area (Å²) in [6.45, 7) is 6.57. The number of hydrogen-bond acceptors (Lipinski definition) is 4. The molecule has 0 bridgehead atoms. The summed E-state index contributed by atoms with van der Waals surface area (Å²) in [5.41, 5.74) is 1.95. The Morgan fingerprint density at radius 1 is 1.40 bits per heavy atom. The Bertz CT molecular complexity index is 568. The average Bonchev–Trinajstić information content (AvgIpc) is 2.86. The summed E-state index contributed by atoms with van der Waals surface area (Å²) in [5.74, 6) is 0.122. The molecule has 1 heterocycles. The van der Waals surface area contributed by atoms with Crippen molar-refractivity contribution in [3.8, 4) is 0 Å². The normalized spacial score (nSPS) is 12.2. The molecule has 2 aromatic rings. The number of hydrogen-bond donors (Lipinski definition) is 0. The van der Waals surface area contributed by atoms with E-state index >= 15 is 0 Å². The first-order chi connectivity index (χ1) is 9.61. The first-order valence-corrected chi connectivity index (χ1v) is 8.33. The van der Waals surface area contributed by atoms with E-state index in [1.807, 2.05) is 61.4 Å². The van der Waals surface area contributed by atoms with Crippen LogP contribution in [-0.4, -0.2) is 22.7 Å². The molecule has 0 aliphatic heterocycles. The number of rotatable bonds is 5. The minimum Gasteiger partial charge on any atom is -0.312 e. The van der Waals surface area contributed by atoms with Gasteiger partial charge in [-0.1, -0.05) is 30.0 Å². The summed E-state index contributed by atoms with van der Waals surface area (Å²) < 4.78 is 0.951. The van der Waals surface area contributed by atoms with E-state index in [0.717, 1.165) is 15.7 Å². The first-order valence-electron chi connectivity index (χ1n) is 6.57. The highest BCUT2D eigenvalue weighted by molar-refractivity contribution is 8.02. The molecule has 0 saturated heterocycles. The Morgan fingerprint density at radius 3 is 2.65 bits per heavy atom. The van der Waals surface area contributed by atoms with Crippen LogP contribution in [0.15, 0.2) is 40.1 Å². The maximum absolute atomic E-state index is 12.6. The number of nitrogens with zero attached hydrogens (tertiary/aromatic N) is 2. The number of thiazole rings is 1. The van der Waals surface area contributed by atoms with Gasteiger partial charge in [-0.3, -0.25) is 4.79 Å². The molecule has 1 aromatic carbocycles. The molecule has 0 aliphatic rings. The minimum absolute atomic E-state index is 0.122. The summed E-state index contributed by atoms with van der Waals surface area (Å²) in [7, 11) is 0. The summed E-state index contributed by atoms with van der Waals surface area (Å²) in [6.07, 6.45) is 0. The zero-order valence-corrected chi connectivity index (χ0v) is 13.5. The van der Waals surface area contributed by atoms with Crippen LogP contribution >= 0.6 is 23.1 Å². The van der Waals surface area contributed by atoms with E-state index < -0.39 is 0 Å². The van der Waals surface area contributed by atoms with E-state index in [1.165, 1.54) is 11.8 Å². The molecule has 0 unspecified atom stereocenters. The Morgan fingerprint density at radius 2 is 2.10 bits per heavy atom. The first kappa shape index (κ1) is 15.1. The van der Waals surface area contributed by atoms with Crippen molar-refractivity contribution in [1.82, 2.24) is 4.98 Å². The number of para-hydroxylation sites is 1. The van der Waals surface area contributed by atoms with Crippen LogP contribution in [0, 0.1) is 6.92 Å². The quantitative estimate of drug-likeness (QED) is 0.783. The largest absolute Gasteiger partial charge is 0.312 e. The van der Waals surface area contributed by atoms with Crippen LogP contribution in [0.5, 0.6) is 0 Å². The third-order valence-corrected chi connectivity index (χ3v) is 5.05. The summed E-state index contributed by atoms with van der Waals surface area (Å²) in [5, 5.41) is 1.87. The van der Waals surface area contributed by atoms with Crippen LogP contribution in [0.2, 0.25) is 0 Å². The smallest absolute Gasteiger partial charge is 0.240 e. The van der Waals surface area contributed by atoms with Crippen molar-refractivity contribution in [3.05, 3.63) is 41.4 Å². The predicted octanol–water partition coefficient (Wildman–Crippen LogP) is 3.99. The standard InChI is InChI=1S/C15H18N2OS2/c1-4-17(13-8-6-5-7-9-13)14(18)12(3)20-15-16-11(2)10-19-15/h5-10,12H,4H2,1-3H3/t12-/m1/s1. The highest BCUT2D eigenvalue weighted by Crippen LogP contribution is 2.28. The number of anilines is 1. The number of amides is 1. The maximum atomic E-state index is 12.6. The van der Waals surface area contributed by atoms with Crippen molar-refractivity contribution in [2.24, 2.45) is 0 Å². The Balaban J connectivity index is 2.08. The highest BCUT2D eigenvalue weighted by atomic mass is 32.2. The molecular weight excluding hydrogens is 288 g/mol. The number of aromatic nitrogens is 1. The van der Waals surface area contributed by atoms with Gasteiger partial charge >= 0.3 is 0 Å². The van der Waals surface area contributed by atoms with Crippen molar-refractivity contribution < 1.29 is 4.79 Å². The van der Waals surface area contributed by atoms with Crippen molar-refractivity contribution in [1.29, 1.82) is 0 Å². The maximum Gasteiger partial charge on any atom is 0.240 e. The predicted molar refractivity (Wildman–Crippen MR) is 86.6 cm³/mol. The van der Waals surface area contributed by atoms with Crippen LogP contribution in [0.25, 0.3) is 0 Å². The molecule has 0 spiro atoms. The van der Waals surface area contributed by atoms with Crippen LogP contribution in [0.1, 0.15) is 19.5 Å². The molecule has 20 heavy (non-hydrogen) atoms. The van der Waals surface area contributed by atoms with Crippen molar-refractivity contribution in [2.75, 3.05) is 11.4 Å². The third kappa shape index (κ3) is 3.61. The van der Waals surface area contributed by atoms with E-state index in [2.05, 4.69) is 4.98 Å². The lowest BCUT2D eigenvalue weighted by Crippen LogP contribution is -2.36. The molecule has 0 aliphatic carbocycles.